The largest absolute Gasteiger partial charge is 0.270 e. The van der Waals surface area contributed by atoms with E-state index in [1.54, 1.807) is 182 Å². The van der Waals surface area contributed by atoms with Crippen LogP contribution in [0, 0.1) is 0 Å². The summed E-state index contributed by atoms with van der Waals surface area (Å²) < 4.78 is 5.72. The van der Waals surface area contributed by atoms with Crippen molar-refractivity contribution in [1.29, 1.82) is 0 Å². The molecule has 6 aromatic heterocycles. The molecule has 0 aliphatic rings. The van der Waals surface area contributed by atoms with Crippen LogP contribution in [0.1, 0.15) is 33.4 Å². The van der Waals surface area contributed by atoms with Crippen LogP contribution < -0.4 is 66.7 Å². The molecule has 8 aromatic carbocycles. The van der Waals surface area contributed by atoms with E-state index in [0.29, 0.717) is 33.4 Å². The van der Waals surface area contributed by atoms with E-state index in [1.807, 2.05) is 0 Å². The van der Waals surface area contributed by atoms with Gasteiger partial charge in [-0.25, -0.2) is 0 Å². The van der Waals surface area contributed by atoms with Crippen LogP contribution >= 0.6 is 0 Å². The molecular formula is C66H42N6O12. The fourth-order valence-corrected chi connectivity index (χ4v) is 11.7. The lowest BCUT2D eigenvalue weighted by Gasteiger charge is -2.00. The molecule has 14 aromatic rings. The molecule has 0 bridgehead atoms. The Hall–Kier alpha value is -11.4. The second-order valence-electron chi connectivity index (χ2n) is 20.6. The van der Waals surface area contributed by atoms with E-state index in [9.17, 15) is 57.5 Å². The standard InChI is InChI=1S/2C33H21N3O6/c2*37-28-22-23(29(38)34(28)16-19-10-4-1-5-11-19)25-27(33(42)36(31(25)40)18-21-14-8-3-9-15-21)26-24(22)30(39)35(32(26)41)17-20-12-6-2-7-13-20/h2*1-15H,16-18H2. The summed E-state index contributed by atoms with van der Waals surface area (Å²) in [5.74, 6) is 0. The number of fused-ring (bicyclic) bond motifs is 12. The minimum absolute atomic E-state index is 0.109. The van der Waals surface area contributed by atoms with Gasteiger partial charge < -0.3 is 0 Å². The molecule has 0 fully saturated rings. The van der Waals surface area contributed by atoms with Gasteiger partial charge in [-0.05, 0) is 33.4 Å². The van der Waals surface area contributed by atoms with Gasteiger partial charge >= 0.3 is 0 Å². The maximum absolute atomic E-state index is 13.9. The third-order valence-electron chi connectivity index (χ3n) is 15.6. The lowest BCUT2D eigenvalue weighted by Crippen LogP contribution is -2.27. The minimum Gasteiger partial charge on any atom is -0.270 e. The van der Waals surface area contributed by atoms with Crippen molar-refractivity contribution >= 4 is 64.6 Å². The van der Waals surface area contributed by atoms with Crippen LogP contribution in [0.15, 0.2) is 240 Å². The fourth-order valence-electron chi connectivity index (χ4n) is 11.7. The Morgan fingerprint density at radius 1 is 0.155 bits per heavy atom. The summed E-state index contributed by atoms with van der Waals surface area (Å²) in [4.78, 5) is 166. The molecule has 18 nitrogen and oxygen atoms in total. The van der Waals surface area contributed by atoms with Crippen molar-refractivity contribution < 1.29 is 0 Å². The van der Waals surface area contributed by atoms with E-state index in [-0.39, 0.29) is 104 Å². The number of nitrogens with zero attached hydrogens (tertiary/aromatic N) is 6. The fraction of sp³-hybridized carbons (Fsp3) is 0.0909. The molecule has 0 saturated heterocycles. The summed E-state index contributed by atoms with van der Waals surface area (Å²) >= 11 is 0. The molecule has 14 rings (SSSR count). The van der Waals surface area contributed by atoms with Crippen LogP contribution in [0.5, 0.6) is 0 Å². The molecule has 18 heteroatoms. The van der Waals surface area contributed by atoms with Gasteiger partial charge in [0, 0.05) is 0 Å². The highest BCUT2D eigenvalue weighted by Gasteiger charge is 2.33. The smallest absolute Gasteiger partial charge is 0.262 e. The molecule has 84 heavy (non-hydrogen) atoms. The van der Waals surface area contributed by atoms with Gasteiger partial charge in [-0.15, -0.1) is 0 Å². The molecule has 408 valence electrons. The number of hydrogen-bond acceptors (Lipinski definition) is 12. The first-order valence-corrected chi connectivity index (χ1v) is 26.6. The summed E-state index contributed by atoms with van der Waals surface area (Å²) in [6.07, 6.45) is 0. The van der Waals surface area contributed by atoms with Crippen LogP contribution in [-0.2, 0) is 39.3 Å². The number of rotatable bonds is 12. The van der Waals surface area contributed by atoms with Gasteiger partial charge in [0.2, 0.25) is 0 Å². The van der Waals surface area contributed by atoms with Gasteiger partial charge in [0.25, 0.3) is 66.7 Å². The number of benzene rings is 8. The van der Waals surface area contributed by atoms with Crippen molar-refractivity contribution in [2.24, 2.45) is 0 Å². The van der Waals surface area contributed by atoms with Gasteiger partial charge in [-0.3, -0.25) is 84.9 Å². The van der Waals surface area contributed by atoms with Crippen LogP contribution in [-0.4, -0.2) is 27.4 Å². The van der Waals surface area contributed by atoms with Crippen LogP contribution in [0.3, 0.4) is 0 Å². The highest BCUT2D eigenvalue weighted by Crippen LogP contribution is 2.28. The zero-order chi connectivity index (χ0) is 58.2. The average molecular weight is 1110 g/mol. The van der Waals surface area contributed by atoms with Crippen molar-refractivity contribution in [3.8, 4) is 0 Å². The molecule has 0 radical (unpaired) electrons. The second kappa shape index (κ2) is 20.3. The molecule has 0 saturated carbocycles. The Morgan fingerprint density at radius 3 is 0.345 bits per heavy atom. The Kier molecular flexibility index (Phi) is 12.6. The molecular weight excluding hydrogens is 1070 g/mol. The zero-order valence-electron chi connectivity index (χ0n) is 44.1. The van der Waals surface area contributed by atoms with Gasteiger partial charge in [-0.1, -0.05) is 182 Å². The Labute approximate surface area is 469 Å². The molecule has 0 aliphatic carbocycles. The third kappa shape index (κ3) is 8.17. The van der Waals surface area contributed by atoms with Crippen LogP contribution in [0.2, 0.25) is 0 Å². The average Bonchev–Trinajstić information content (AvgIpc) is 1.58. The summed E-state index contributed by atoms with van der Waals surface area (Å²) in [6, 6.07) is 52.8. The van der Waals surface area contributed by atoms with E-state index in [1.165, 1.54) is 0 Å². The first-order chi connectivity index (χ1) is 40.7. The summed E-state index contributed by atoms with van der Waals surface area (Å²) in [6.45, 7) is -0.652. The highest BCUT2D eigenvalue weighted by atomic mass is 16.2. The van der Waals surface area contributed by atoms with E-state index < -0.39 is 66.7 Å². The lowest BCUT2D eigenvalue weighted by atomic mass is 10.0. The molecule has 0 aliphatic heterocycles. The summed E-state index contributed by atoms with van der Waals surface area (Å²) in [5.41, 5.74) is -5.55. The van der Waals surface area contributed by atoms with E-state index in [0.717, 1.165) is 27.4 Å². The first-order valence-electron chi connectivity index (χ1n) is 26.6. The van der Waals surface area contributed by atoms with Gasteiger partial charge in [0.05, 0.1) is 104 Å². The second-order valence-corrected chi connectivity index (χ2v) is 20.6. The Morgan fingerprint density at radius 2 is 0.250 bits per heavy atom. The summed E-state index contributed by atoms with van der Waals surface area (Å²) in [7, 11) is 0. The lowest BCUT2D eigenvalue weighted by molar-refractivity contribution is 0.753. The minimum atomic E-state index is -0.789. The predicted octanol–water partition coefficient (Wildman–Crippen LogP) is 4.34. The highest BCUT2D eigenvalue weighted by molar-refractivity contribution is 6.26. The molecule has 0 unspecified atom stereocenters. The van der Waals surface area contributed by atoms with E-state index in [2.05, 4.69) is 0 Å². The topological polar surface area (TPSA) is 234 Å². The SMILES string of the molecule is O=c1c2c3c(=O)n(Cc4ccccc4)c(=O)c3c3c(=O)n(Cc4ccccc4)c(=O)c3c2c(=O)n1Cc1ccccc1.O=c1c2c3c(=O)n(Cc4ccccc4)c(=O)c3c3c(=O)n(Cc4ccccc4)c(=O)c3c2c(=O)n1Cc1ccccc1. The van der Waals surface area contributed by atoms with Crippen LogP contribution in [0.4, 0.5) is 0 Å². The third-order valence-corrected chi connectivity index (χ3v) is 15.6. The first kappa shape index (κ1) is 52.0. The Bertz CT molecular complexity index is 4490. The molecule has 0 atom stereocenters. The number of hydrogen-bond donors (Lipinski definition) is 0. The van der Waals surface area contributed by atoms with Crippen molar-refractivity contribution in [3.63, 3.8) is 0 Å². The van der Waals surface area contributed by atoms with Gasteiger partial charge in [0.1, 0.15) is 0 Å². The van der Waals surface area contributed by atoms with E-state index in [4.69, 9.17) is 0 Å². The monoisotopic (exact) mass is 1110 g/mol. The van der Waals surface area contributed by atoms with Crippen molar-refractivity contribution in [3.05, 3.63) is 340 Å². The quantitative estimate of drug-likeness (QED) is 0.166. The molecule has 0 spiro atoms. The molecule has 0 N–H and O–H groups in total. The molecule has 6 heterocycles. The maximum atomic E-state index is 13.9. The van der Waals surface area contributed by atoms with Crippen molar-refractivity contribution in [1.82, 2.24) is 27.4 Å². The zero-order valence-corrected chi connectivity index (χ0v) is 44.1. The predicted molar refractivity (Wildman–Crippen MR) is 321 cm³/mol. The van der Waals surface area contributed by atoms with E-state index >= 15 is 0 Å². The number of aromatic nitrogens is 6. The molecule has 0 amide bonds. The Balaban J connectivity index is 0.000000157. The van der Waals surface area contributed by atoms with Crippen molar-refractivity contribution in [2.45, 2.75) is 39.3 Å². The van der Waals surface area contributed by atoms with Gasteiger partial charge in [-0.2, -0.15) is 0 Å². The van der Waals surface area contributed by atoms with Crippen LogP contribution in [0.25, 0.3) is 64.6 Å². The van der Waals surface area contributed by atoms with Crippen molar-refractivity contribution in [2.75, 3.05) is 0 Å². The van der Waals surface area contributed by atoms with Gasteiger partial charge in [0.15, 0.2) is 0 Å². The normalized spacial score (nSPS) is 11.7. The maximum Gasteiger partial charge on any atom is 0.262 e. The summed E-state index contributed by atoms with van der Waals surface area (Å²) in [5, 5.41) is -3.65.